The Morgan fingerprint density at radius 1 is 1.54 bits per heavy atom. The topological polar surface area (TPSA) is 72.5 Å². The highest BCUT2D eigenvalue weighted by Crippen LogP contribution is 2.15. The van der Waals surface area contributed by atoms with Crippen molar-refractivity contribution in [2.75, 3.05) is 5.73 Å². The molecule has 68 valence electrons. The summed E-state index contributed by atoms with van der Waals surface area (Å²) in [6.45, 7) is 1.88. The van der Waals surface area contributed by atoms with Crippen molar-refractivity contribution in [3.63, 3.8) is 0 Å². The lowest BCUT2D eigenvalue weighted by atomic mass is 10.4. The third kappa shape index (κ3) is 1.10. The molecule has 0 saturated heterocycles. The third-order valence-electron chi connectivity index (χ3n) is 1.88. The van der Waals surface area contributed by atoms with Crippen molar-refractivity contribution in [2.45, 2.75) is 6.92 Å². The van der Waals surface area contributed by atoms with Gasteiger partial charge in [-0.2, -0.15) is 5.10 Å². The standard InChI is InChI=1S/C7H9N5S/c1-3-4-5(12(2)11-3)6(13)10-7(8)9-4/h1-2H3,(H3,8,9,10,13). The number of H-pyrrole nitrogens is 1. The number of aromatic nitrogens is 4. The fourth-order valence-corrected chi connectivity index (χ4v) is 1.69. The lowest BCUT2D eigenvalue weighted by molar-refractivity contribution is 0.781. The van der Waals surface area contributed by atoms with E-state index in [-0.39, 0.29) is 0 Å². The zero-order valence-corrected chi connectivity index (χ0v) is 8.14. The minimum atomic E-state index is 0.327. The highest BCUT2D eigenvalue weighted by Gasteiger charge is 2.08. The zero-order chi connectivity index (χ0) is 9.59. The third-order valence-corrected chi connectivity index (χ3v) is 2.17. The smallest absolute Gasteiger partial charge is 0.199 e. The molecule has 0 spiro atoms. The molecule has 0 aliphatic rings. The molecule has 2 aromatic rings. The summed E-state index contributed by atoms with van der Waals surface area (Å²) in [5.41, 5.74) is 7.96. The number of nitrogens with one attached hydrogen (secondary N) is 1. The van der Waals surface area contributed by atoms with E-state index in [2.05, 4.69) is 15.1 Å². The van der Waals surface area contributed by atoms with Gasteiger partial charge in [-0.05, 0) is 6.92 Å². The molecule has 2 rings (SSSR count). The van der Waals surface area contributed by atoms with Crippen molar-refractivity contribution >= 4 is 29.2 Å². The Bertz CT molecular complexity index is 523. The molecule has 0 amide bonds. The van der Waals surface area contributed by atoms with Crippen molar-refractivity contribution in [3.8, 4) is 0 Å². The van der Waals surface area contributed by atoms with Crippen LogP contribution in [-0.4, -0.2) is 19.7 Å². The average Bonchev–Trinajstić information content (AvgIpc) is 2.27. The molecule has 0 aromatic carbocycles. The fraction of sp³-hybridized carbons (Fsp3) is 0.286. The number of aromatic amines is 1. The Balaban J connectivity index is 3.06. The first-order chi connectivity index (χ1) is 6.09. The lowest BCUT2D eigenvalue weighted by Crippen LogP contribution is -1.97. The van der Waals surface area contributed by atoms with Crippen LogP contribution >= 0.6 is 12.2 Å². The Morgan fingerprint density at radius 3 is 2.92 bits per heavy atom. The molecule has 0 atom stereocenters. The monoisotopic (exact) mass is 195 g/mol. The number of hydrogen-bond acceptors (Lipinski definition) is 4. The molecular formula is C7H9N5S. The molecule has 13 heavy (non-hydrogen) atoms. The summed E-state index contributed by atoms with van der Waals surface area (Å²) in [4.78, 5) is 6.92. The molecule has 0 unspecified atom stereocenters. The summed E-state index contributed by atoms with van der Waals surface area (Å²) in [6, 6.07) is 0. The molecule has 0 bridgehead atoms. The first-order valence-corrected chi connectivity index (χ1v) is 4.19. The molecule has 0 fully saturated rings. The van der Waals surface area contributed by atoms with Crippen LogP contribution in [0.15, 0.2) is 0 Å². The van der Waals surface area contributed by atoms with Crippen LogP contribution in [0, 0.1) is 11.6 Å². The maximum absolute atomic E-state index is 5.53. The highest BCUT2D eigenvalue weighted by molar-refractivity contribution is 7.71. The Hall–Kier alpha value is -1.43. The van der Waals surface area contributed by atoms with Crippen LogP contribution in [0.2, 0.25) is 0 Å². The largest absolute Gasteiger partial charge is 0.369 e. The summed E-state index contributed by atoms with van der Waals surface area (Å²) >= 11 is 5.11. The number of anilines is 1. The van der Waals surface area contributed by atoms with Crippen molar-refractivity contribution in [1.29, 1.82) is 0 Å². The quantitative estimate of drug-likeness (QED) is 0.613. The molecule has 6 heteroatoms. The zero-order valence-electron chi connectivity index (χ0n) is 7.33. The molecule has 3 N–H and O–H groups in total. The number of hydrogen-bond donors (Lipinski definition) is 2. The van der Waals surface area contributed by atoms with Gasteiger partial charge in [-0.3, -0.25) is 4.68 Å². The molecule has 0 saturated carbocycles. The minimum absolute atomic E-state index is 0.327. The SMILES string of the molecule is Cc1nn(C)c2c(=S)[nH]c(N)nc12. The summed E-state index contributed by atoms with van der Waals surface area (Å²) < 4.78 is 2.28. The van der Waals surface area contributed by atoms with Gasteiger partial charge in [0.05, 0.1) is 5.69 Å². The van der Waals surface area contributed by atoms with Gasteiger partial charge < -0.3 is 10.7 Å². The lowest BCUT2D eigenvalue weighted by Gasteiger charge is -1.95. The van der Waals surface area contributed by atoms with Crippen LogP contribution < -0.4 is 5.73 Å². The van der Waals surface area contributed by atoms with E-state index in [0.29, 0.717) is 10.6 Å². The predicted octanol–water partition coefficient (Wildman–Crippen LogP) is 0.917. The molecule has 5 nitrogen and oxygen atoms in total. The summed E-state index contributed by atoms with van der Waals surface area (Å²) in [7, 11) is 1.83. The summed E-state index contributed by atoms with van der Waals surface area (Å²) in [6.07, 6.45) is 0. The number of nitrogens with zero attached hydrogens (tertiary/aromatic N) is 3. The maximum Gasteiger partial charge on any atom is 0.199 e. The summed E-state index contributed by atoms with van der Waals surface area (Å²) in [5.74, 6) is 0.327. The van der Waals surface area contributed by atoms with E-state index in [4.69, 9.17) is 18.0 Å². The van der Waals surface area contributed by atoms with Gasteiger partial charge in [0.25, 0.3) is 0 Å². The van der Waals surface area contributed by atoms with Crippen molar-refractivity contribution < 1.29 is 0 Å². The van der Waals surface area contributed by atoms with E-state index in [1.54, 1.807) is 4.68 Å². The van der Waals surface area contributed by atoms with E-state index in [1.165, 1.54) is 0 Å². The van der Waals surface area contributed by atoms with Gasteiger partial charge in [0.15, 0.2) is 5.95 Å². The number of rotatable bonds is 0. The minimum Gasteiger partial charge on any atom is -0.369 e. The van der Waals surface area contributed by atoms with Crippen LogP contribution in [0.1, 0.15) is 5.69 Å². The van der Waals surface area contributed by atoms with Gasteiger partial charge in [-0.15, -0.1) is 0 Å². The summed E-state index contributed by atoms with van der Waals surface area (Å²) in [5, 5.41) is 4.20. The normalized spacial score (nSPS) is 10.9. The molecule has 2 heterocycles. The van der Waals surface area contributed by atoms with Gasteiger partial charge in [-0.1, -0.05) is 12.2 Å². The van der Waals surface area contributed by atoms with Crippen LogP contribution in [-0.2, 0) is 7.05 Å². The van der Waals surface area contributed by atoms with E-state index in [9.17, 15) is 0 Å². The molecular weight excluding hydrogens is 186 g/mol. The number of nitrogen functional groups attached to an aromatic ring is 1. The average molecular weight is 195 g/mol. The number of nitrogens with two attached hydrogens (primary N) is 1. The van der Waals surface area contributed by atoms with Gasteiger partial charge in [-0.25, -0.2) is 4.98 Å². The van der Waals surface area contributed by atoms with E-state index >= 15 is 0 Å². The second kappa shape index (κ2) is 2.53. The van der Waals surface area contributed by atoms with Crippen LogP contribution in [0.4, 0.5) is 5.95 Å². The van der Waals surface area contributed by atoms with E-state index in [1.807, 2.05) is 14.0 Å². The van der Waals surface area contributed by atoms with Crippen LogP contribution in [0.5, 0.6) is 0 Å². The first kappa shape index (κ1) is 8.18. The van der Waals surface area contributed by atoms with Crippen LogP contribution in [0.3, 0.4) is 0 Å². The van der Waals surface area contributed by atoms with Crippen molar-refractivity contribution in [1.82, 2.24) is 19.7 Å². The molecule has 2 aromatic heterocycles. The van der Waals surface area contributed by atoms with Crippen LogP contribution in [0.25, 0.3) is 11.0 Å². The Morgan fingerprint density at radius 2 is 2.23 bits per heavy atom. The number of fused-ring (bicyclic) bond motifs is 1. The maximum atomic E-state index is 5.53. The van der Waals surface area contributed by atoms with Crippen molar-refractivity contribution in [2.24, 2.45) is 7.05 Å². The van der Waals surface area contributed by atoms with E-state index in [0.717, 1.165) is 16.7 Å². The van der Waals surface area contributed by atoms with Gasteiger partial charge >= 0.3 is 0 Å². The fourth-order valence-electron chi connectivity index (χ4n) is 1.36. The molecule has 0 radical (unpaired) electrons. The second-order valence-corrected chi connectivity index (χ2v) is 3.27. The van der Waals surface area contributed by atoms with Gasteiger partial charge in [0.1, 0.15) is 15.7 Å². The predicted molar refractivity (Wildman–Crippen MR) is 52.8 cm³/mol. The Kier molecular flexibility index (Phi) is 1.59. The second-order valence-electron chi connectivity index (χ2n) is 2.86. The number of aryl methyl sites for hydroxylation is 2. The van der Waals surface area contributed by atoms with Gasteiger partial charge in [0, 0.05) is 7.05 Å². The Labute approximate surface area is 79.6 Å². The first-order valence-electron chi connectivity index (χ1n) is 3.78. The van der Waals surface area contributed by atoms with Gasteiger partial charge in [0.2, 0.25) is 0 Å². The molecule has 0 aliphatic heterocycles. The highest BCUT2D eigenvalue weighted by atomic mass is 32.1. The molecule has 0 aliphatic carbocycles. The van der Waals surface area contributed by atoms with E-state index < -0.39 is 0 Å². The van der Waals surface area contributed by atoms with Crippen molar-refractivity contribution in [3.05, 3.63) is 10.3 Å².